The minimum atomic E-state index is -2.87. The van der Waals surface area contributed by atoms with Crippen molar-refractivity contribution in [3.63, 3.8) is 0 Å². The van der Waals surface area contributed by atoms with Crippen LogP contribution in [0.3, 0.4) is 0 Å². The van der Waals surface area contributed by atoms with Crippen molar-refractivity contribution in [2.75, 3.05) is 13.2 Å². The first-order valence-corrected chi connectivity index (χ1v) is 7.95. The molecule has 1 amide bonds. The Bertz CT molecular complexity index is 720. The standard InChI is InChI=1S/C19H21F2NO3/c1-13-7-8-14(2)17(11-13)24-12-18(23)22-10-9-15-5-3-4-6-16(15)25-19(20)21/h3-8,11,19H,9-10,12H2,1-2H3,(H,22,23). The van der Waals surface area contributed by atoms with E-state index in [-0.39, 0.29) is 18.3 Å². The summed E-state index contributed by atoms with van der Waals surface area (Å²) in [5, 5.41) is 2.71. The van der Waals surface area contributed by atoms with Crippen LogP contribution in [0.1, 0.15) is 16.7 Å². The zero-order valence-corrected chi connectivity index (χ0v) is 14.2. The van der Waals surface area contributed by atoms with Crippen LogP contribution in [0.15, 0.2) is 42.5 Å². The van der Waals surface area contributed by atoms with Crippen molar-refractivity contribution in [2.24, 2.45) is 0 Å². The molecule has 0 heterocycles. The van der Waals surface area contributed by atoms with Gasteiger partial charge in [0, 0.05) is 6.54 Å². The van der Waals surface area contributed by atoms with Crippen LogP contribution in [0.2, 0.25) is 0 Å². The summed E-state index contributed by atoms with van der Waals surface area (Å²) < 4.78 is 34.7. The van der Waals surface area contributed by atoms with Crippen molar-refractivity contribution in [1.29, 1.82) is 0 Å². The molecule has 134 valence electrons. The number of hydrogen-bond donors (Lipinski definition) is 1. The Morgan fingerprint density at radius 2 is 1.88 bits per heavy atom. The van der Waals surface area contributed by atoms with Gasteiger partial charge in [-0.05, 0) is 49.1 Å². The highest BCUT2D eigenvalue weighted by atomic mass is 19.3. The van der Waals surface area contributed by atoms with Gasteiger partial charge in [-0.3, -0.25) is 4.79 Å². The molecule has 0 saturated carbocycles. The molecule has 0 aliphatic rings. The predicted octanol–water partition coefficient (Wildman–Crippen LogP) is 3.64. The summed E-state index contributed by atoms with van der Waals surface area (Å²) in [6.07, 6.45) is 0.387. The Morgan fingerprint density at radius 1 is 1.12 bits per heavy atom. The molecule has 0 aliphatic heterocycles. The third-order valence-corrected chi connectivity index (χ3v) is 3.61. The topological polar surface area (TPSA) is 47.6 Å². The van der Waals surface area contributed by atoms with Crippen molar-refractivity contribution >= 4 is 5.91 Å². The van der Waals surface area contributed by atoms with Crippen molar-refractivity contribution in [2.45, 2.75) is 26.9 Å². The van der Waals surface area contributed by atoms with E-state index in [4.69, 9.17) is 4.74 Å². The smallest absolute Gasteiger partial charge is 0.387 e. The molecular formula is C19H21F2NO3. The summed E-state index contributed by atoms with van der Waals surface area (Å²) >= 11 is 0. The van der Waals surface area contributed by atoms with Crippen molar-refractivity contribution in [1.82, 2.24) is 5.32 Å². The van der Waals surface area contributed by atoms with Crippen LogP contribution in [0.5, 0.6) is 11.5 Å². The van der Waals surface area contributed by atoms with Crippen LogP contribution >= 0.6 is 0 Å². The summed E-state index contributed by atoms with van der Waals surface area (Å²) in [7, 11) is 0. The maximum atomic E-state index is 12.4. The normalized spacial score (nSPS) is 10.6. The molecule has 2 aromatic rings. The first kappa shape index (κ1) is 18.7. The Kier molecular flexibility index (Phi) is 6.74. The third kappa shape index (κ3) is 6.06. The van der Waals surface area contributed by atoms with Gasteiger partial charge in [-0.15, -0.1) is 0 Å². The number of rotatable bonds is 8. The number of nitrogens with one attached hydrogen (secondary N) is 1. The Hall–Kier alpha value is -2.63. The zero-order valence-electron chi connectivity index (χ0n) is 14.2. The van der Waals surface area contributed by atoms with Crippen LogP contribution in [0, 0.1) is 13.8 Å². The predicted molar refractivity (Wildman–Crippen MR) is 91.2 cm³/mol. The molecule has 0 radical (unpaired) electrons. The minimum Gasteiger partial charge on any atom is -0.483 e. The lowest BCUT2D eigenvalue weighted by Gasteiger charge is -2.12. The fourth-order valence-corrected chi connectivity index (χ4v) is 2.32. The minimum absolute atomic E-state index is 0.0977. The largest absolute Gasteiger partial charge is 0.483 e. The maximum absolute atomic E-state index is 12.4. The Labute approximate surface area is 145 Å². The maximum Gasteiger partial charge on any atom is 0.387 e. The van der Waals surface area contributed by atoms with Crippen LogP contribution in [0.4, 0.5) is 8.78 Å². The molecule has 0 atom stereocenters. The van der Waals surface area contributed by atoms with E-state index in [0.29, 0.717) is 24.3 Å². The van der Waals surface area contributed by atoms with Crippen LogP contribution in [-0.2, 0) is 11.2 Å². The number of carbonyl (C=O) groups is 1. The van der Waals surface area contributed by atoms with Crippen molar-refractivity contribution in [3.8, 4) is 11.5 Å². The highest BCUT2D eigenvalue weighted by molar-refractivity contribution is 5.77. The first-order valence-electron chi connectivity index (χ1n) is 7.95. The van der Waals surface area contributed by atoms with Gasteiger partial charge in [0.15, 0.2) is 6.61 Å². The van der Waals surface area contributed by atoms with Gasteiger partial charge in [0.1, 0.15) is 11.5 Å². The first-order chi connectivity index (χ1) is 12.0. The monoisotopic (exact) mass is 349 g/mol. The number of hydrogen-bond acceptors (Lipinski definition) is 3. The second kappa shape index (κ2) is 9.01. The second-order valence-electron chi connectivity index (χ2n) is 5.64. The summed E-state index contributed by atoms with van der Waals surface area (Å²) in [6.45, 7) is 1.19. The van der Waals surface area contributed by atoms with Gasteiger partial charge in [-0.2, -0.15) is 8.78 Å². The molecule has 0 aliphatic carbocycles. The average Bonchev–Trinajstić information content (AvgIpc) is 2.57. The highest BCUT2D eigenvalue weighted by Crippen LogP contribution is 2.20. The van der Waals surface area contributed by atoms with Gasteiger partial charge in [-0.1, -0.05) is 30.3 Å². The van der Waals surface area contributed by atoms with E-state index in [1.165, 1.54) is 6.07 Å². The fraction of sp³-hybridized carbons (Fsp3) is 0.316. The molecule has 0 saturated heterocycles. The van der Waals surface area contributed by atoms with E-state index >= 15 is 0 Å². The summed E-state index contributed by atoms with van der Waals surface area (Å²) in [5.74, 6) is 0.525. The van der Waals surface area contributed by atoms with Gasteiger partial charge in [0.05, 0.1) is 0 Å². The quantitative estimate of drug-likeness (QED) is 0.791. The molecule has 1 N–H and O–H groups in total. The average molecular weight is 349 g/mol. The lowest BCUT2D eigenvalue weighted by molar-refractivity contribution is -0.123. The van der Waals surface area contributed by atoms with Crippen LogP contribution < -0.4 is 14.8 Å². The van der Waals surface area contributed by atoms with Crippen LogP contribution in [0.25, 0.3) is 0 Å². The number of amides is 1. The summed E-state index contributed by atoms with van der Waals surface area (Å²) in [5.41, 5.74) is 2.62. The number of aryl methyl sites for hydroxylation is 2. The van der Waals surface area contributed by atoms with Crippen LogP contribution in [-0.4, -0.2) is 25.7 Å². The molecule has 0 bridgehead atoms. The number of halogens is 2. The van der Waals surface area contributed by atoms with E-state index in [2.05, 4.69) is 10.1 Å². The third-order valence-electron chi connectivity index (χ3n) is 3.61. The lowest BCUT2D eigenvalue weighted by atomic mass is 10.1. The molecule has 4 nitrogen and oxygen atoms in total. The second-order valence-corrected chi connectivity index (χ2v) is 5.64. The van der Waals surface area contributed by atoms with E-state index in [0.717, 1.165) is 11.1 Å². The molecule has 2 aromatic carbocycles. The number of carbonyl (C=O) groups excluding carboxylic acids is 1. The Balaban J connectivity index is 1.80. The number of ether oxygens (including phenoxy) is 2. The van der Waals surface area contributed by atoms with E-state index < -0.39 is 6.61 Å². The molecule has 2 rings (SSSR count). The van der Waals surface area contributed by atoms with Crippen molar-refractivity contribution < 1.29 is 23.0 Å². The Morgan fingerprint density at radius 3 is 2.64 bits per heavy atom. The SMILES string of the molecule is Cc1ccc(C)c(OCC(=O)NCCc2ccccc2OC(F)F)c1. The molecule has 0 unspecified atom stereocenters. The van der Waals surface area contributed by atoms with Gasteiger partial charge in [0.25, 0.3) is 5.91 Å². The number of para-hydroxylation sites is 1. The lowest BCUT2D eigenvalue weighted by Crippen LogP contribution is -2.30. The van der Waals surface area contributed by atoms with E-state index in [1.807, 2.05) is 32.0 Å². The van der Waals surface area contributed by atoms with Gasteiger partial charge in [0.2, 0.25) is 0 Å². The molecule has 25 heavy (non-hydrogen) atoms. The molecule has 0 spiro atoms. The number of benzene rings is 2. The van der Waals surface area contributed by atoms with E-state index in [9.17, 15) is 13.6 Å². The molecular weight excluding hydrogens is 328 g/mol. The number of alkyl halides is 2. The van der Waals surface area contributed by atoms with Gasteiger partial charge >= 0.3 is 6.61 Å². The molecule has 0 aromatic heterocycles. The zero-order chi connectivity index (χ0) is 18.2. The van der Waals surface area contributed by atoms with Gasteiger partial charge in [-0.25, -0.2) is 0 Å². The summed E-state index contributed by atoms with van der Waals surface area (Å²) in [4.78, 5) is 11.9. The van der Waals surface area contributed by atoms with Crippen molar-refractivity contribution in [3.05, 3.63) is 59.2 Å². The molecule has 6 heteroatoms. The summed E-state index contributed by atoms with van der Waals surface area (Å²) in [6, 6.07) is 12.3. The molecule has 0 fully saturated rings. The van der Waals surface area contributed by atoms with E-state index in [1.54, 1.807) is 18.2 Å². The van der Waals surface area contributed by atoms with Gasteiger partial charge < -0.3 is 14.8 Å². The fourth-order valence-electron chi connectivity index (χ4n) is 2.32. The highest BCUT2D eigenvalue weighted by Gasteiger charge is 2.10.